The predicted molar refractivity (Wildman–Crippen MR) is 71.2 cm³/mol. The van der Waals surface area contributed by atoms with Crippen molar-refractivity contribution in [2.24, 2.45) is 5.73 Å². The largest absolute Gasteiger partial charge is 0.394 e. The van der Waals surface area contributed by atoms with Gasteiger partial charge in [0.2, 0.25) is 5.91 Å². The van der Waals surface area contributed by atoms with E-state index in [0.29, 0.717) is 13.2 Å². The minimum Gasteiger partial charge on any atom is -0.394 e. The molecule has 1 aliphatic heterocycles. The van der Waals surface area contributed by atoms with Crippen molar-refractivity contribution in [1.29, 1.82) is 0 Å². The molecule has 0 aromatic carbocycles. The van der Waals surface area contributed by atoms with E-state index in [9.17, 15) is 15.0 Å². The first-order chi connectivity index (χ1) is 10.0. The Bertz CT molecular complexity index is 318. The molecule has 1 amide bonds. The molecule has 124 valence electrons. The van der Waals surface area contributed by atoms with Gasteiger partial charge in [-0.15, -0.1) is 0 Å². The van der Waals surface area contributed by atoms with E-state index in [1.165, 1.54) is 6.92 Å². The van der Waals surface area contributed by atoms with Crippen LogP contribution in [-0.4, -0.2) is 84.8 Å². The van der Waals surface area contributed by atoms with E-state index < -0.39 is 43.2 Å². The normalized spacial score (nSPS) is 32.9. The van der Waals surface area contributed by atoms with E-state index in [0.717, 1.165) is 0 Å². The molecule has 21 heavy (non-hydrogen) atoms. The van der Waals surface area contributed by atoms with Gasteiger partial charge in [-0.05, 0) is 0 Å². The molecule has 6 N–H and O–H groups in total. The summed E-state index contributed by atoms with van der Waals surface area (Å²) in [5.74, 6) is -0.398. The van der Waals surface area contributed by atoms with Gasteiger partial charge in [0, 0.05) is 13.5 Å². The predicted octanol–water partition coefficient (Wildman–Crippen LogP) is -3.08. The number of aliphatic hydroxyl groups is 3. The van der Waals surface area contributed by atoms with Crippen molar-refractivity contribution < 1.29 is 34.3 Å². The van der Waals surface area contributed by atoms with Crippen LogP contribution in [0.5, 0.6) is 0 Å². The highest BCUT2D eigenvalue weighted by molar-refractivity contribution is 5.73. The van der Waals surface area contributed by atoms with Crippen LogP contribution >= 0.6 is 0 Å². The average Bonchev–Trinajstić information content (AvgIpc) is 2.45. The highest BCUT2D eigenvalue weighted by Gasteiger charge is 2.45. The van der Waals surface area contributed by atoms with E-state index in [4.69, 9.17) is 25.1 Å². The number of hydrogen-bond acceptors (Lipinski definition) is 8. The number of nitrogens with two attached hydrogens (primary N) is 1. The smallest absolute Gasteiger partial charge is 0.217 e. The van der Waals surface area contributed by atoms with Crippen LogP contribution in [0.15, 0.2) is 0 Å². The van der Waals surface area contributed by atoms with E-state index in [2.05, 4.69) is 5.32 Å². The zero-order chi connectivity index (χ0) is 15.8. The summed E-state index contributed by atoms with van der Waals surface area (Å²) in [6, 6.07) is -0.935. The van der Waals surface area contributed by atoms with Crippen molar-refractivity contribution in [3.8, 4) is 0 Å². The van der Waals surface area contributed by atoms with Gasteiger partial charge in [0.15, 0.2) is 6.29 Å². The summed E-state index contributed by atoms with van der Waals surface area (Å²) in [4.78, 5) is 11.2. The Hall–Kier alpha value is -0.810. The van der Waals surface area contributed by atoms with Crippen molar-refractivity contribution in [1.82, 2.24) is 5.32 Å². The Morgan fingerprint density at radius 3 is 2.57 bits per heavy atom. The van der Waals surface area contributed by atoms with Crippen LogP contribution in [0.1, 0.15) is 6.92 Å². The Balaban J connectivity index is 2.58. The van der Waals surface area contributed by atoms with Crippen LogP contribution < -0.4 is 11.1 Å². The van der Waals surface area contributed by atoms with Gasteiger partial charge in [0.1, 0.15) is 24.4 Å². The number of amides is 1. The number of carbonyl (C=O) groups is 1. The minimum absolute atomic E-state index is 0.154. The molecule has 1 saturated heterocycles. The lowest BCUT2D eigenvalue weighted by molar-refractivity contribution is -0.272. The van der Waals surface area contributed by atoms with Crippen LogP contribution in [0.2, 0.25) is 0 Å². The molecule has 1 aliphatic rings. The summed E-state index contributed by atoms with van der Waals surface area (Å²) < 4.78 is 15.9. The quantitative estimate of drug-likeness (QED) is 0.297. The van der Waals surface area contributed by atoms with Crippen LogP contribution in [0.3, 0.4) is 0 Å². The highest BCUT2D eigenvalue weighted by atomic mass is 16.7. The monoisotopic (exact) mass is 308 g/mol. The van der Waals surface area contributed by atoms with Crippen molar-refractivity contribution >= 4 is 5.91 Å². The Kier molecular flexibility index (Phi) is 8.04. The first kappa shape index (κ1) is 18.2. The third kappa shape index (κ3) is 5.47. The number of rotatable bonds is 8. The molecule has 0 unspecified atom stereocenters. The molecule has 0 aromatic rings. The van der Waals surface area contributed by atoms with Gasteiger partial charge in [-0.2, -0.15) is 0 Å². The minimum atomic E-state index is -1.32. The van der Waals surface area contributed by atoms with Gasteiger partial charge in [-0.3, -0.25) is 4.79 Å². The molecular formula is C12H24N2O7. The number of aliphatic hydroxyl groups excluding tert-OH is 3. The molecule has 0 aliphatic carbocycles. The number of carbonyl (C=O) groups excluding carboxylic acids is 1. The fourth-order valence-corrected chi connectivity index (χ4v) is 2.02. The Morgan fingerprint density at radius 2 is 2.00 bits per heavy atom. The maximum Gasteiger partial charge on any atom is 0.217 e. The number of ether oxygens (including phenoxy) is 3. The third-order valence-corrected chi connectivity index (χ3v) is 3.02. The van der Waals surface area contributed by atoms with Gasteiger partial charge < -0.3 is 40.6 Å². The second-order valence-electron chi connectivity index (χ2n) is 4.70. The fourth-order valence-electron chi connectivity index (χ4n) is 2.02. The molecule has 5 atom stereocenters. The van der Waals surface area contributed by atoms with Crippen LogP contribution in [0.25, 0.3) is 0 Å². The molecule has 9 nitrogen and oxygen atoms in total. The molecule has 0 radical (unpaired) electrons. The van der Waals surface area contributed by atoms with Crippen LogP contribution in [0, 0.1) is 0 Å². The standard InChI is InChI=1S/C12H24N2O7/c1-7(16)14-9-11(18)10(17)8(6-15)21-12(9)20-5-4-19-3-2-13/h8-12,15,17-18H,2-6,13H2,1H3,(H,14,16)/t8-,9+,10+,11-,12-/m1/s1. The van der Waals surface area contributed by atoms with E-state index in [1.54, 1.807) is 0 Å². The van der Waals surface area contributed by atoms with Crippen molar-refractivity contribution in [2.45, 2.75) is 37.6 Å². The average molecular weight is 308 g/mol. The summed E-state index contributed by atoms with van der Waals surface area (Å²) in [5, 5.41) is 31.4. The lowest BCUT2D eigenvalue weighted by Crippen LogP contribution is -2.64. The van der Waals surface area contributed by atoms with Gasteiger partial charge in [-0.25, -0.2) is 0 Å². The van der Waals surface area contributed by atoms with Crippen LogP contribution in [-0.2, 0) is 19.0 Å². The van der Waals surface area contributed by atoms with Gasteiger partial charge in [0.05, 0.1) is 26.4 Å². The molecular weight excluding hydrogens is 284 g/mol. The Morgan fingerprint density at radius 1 is 1.29 bits per heavy atom. The number of hydrogen-bond donors (Lipinski definition) is 5. The van der Waals surface area contributed by atoms with E-state index >= 15 is 0 Å². The maximum atomic E-state index is 11.2. The van der Waals surface area contributed by atoms with Crippen LogP contribution in [0.4, 0.5) is 0 Å². The first-order valence-electron chi connectivity index (χ1n) is 6.80. The topological polar surface area (TPSA) is 144 Å². The van der Waals surface area contributed by atoms with Crippen molar-refractivity contribution in [3.63, 3.8) is 0 Å². The number of nitrogens with one attached hydrogen (secondary N) is 1. The Labute approximate surface area is 123 Å². The first-order valence-corrected chi connectivity index (χ1v) is 6.80. The summed E-state index contributed by atoms with van der Waals surface area (Å²) >= 11 is 0. The fraction of sp³-hybridized carbons (Fsp3) is 0.917. The molecule has 0 bridgehead atoms. The molecule has 0 saturated carbocycles. The highest BCUT2D eigenvalue weighted by Crippen LogP contribution is 2.22. The van der Waals surface area contributed by atoms with E-state index in [1.807, 2.05) is 0 Å². The van der Waals surface area contributed by atoms with Gasteiger partial charge >= 0.3 is 0 Å². The molecule has 0 aromatic heterocycles. The van der Waals surface area contributed by atoms with Crippen molar-refractivity contribution in [3.05, 3.63) is 0 Å². The van der Waals surface area contributed by atoms with Gasteiger partial charge in [-0.1, -0.05) is 0 Å². The summed E-state index contributed by atoms with van der Waals surface area (Å²) in [6.07, 6.45) is -4.61. The molecule has 1 heterocycles. The van der Waals surface area contributed by atoms with Crippen molar-refractivity contribution in [2.75, 3.05) is 33.0 Å². The lowest BCUT2D eigenvalue weighted by Gasteiger charge is -2.42. The molecule has 1 fully saturated rings. The summed E-state index contributed by atoms with van der Waals surface area (Å²) in [7, 11) is 0. The molecule has 1 rings (SSSR count). The second-order valence-corrected chi connectivity index (χ2v) is 4.70. The SMILES string of the molecule is CC(=O)N[C@@H]1[C@H](OCCOCCN)O[C@H](CO)[C@H](O)[C@@H]1O. The second kappa shape index (κ2) is 9.26. The lowest BCUT2D eigenvalue weighted by atomic mass is 9.97. The van der Waals surface area contributed by atoms with Gasteiger partial charge in [0.25, 0.3) is 0 Å². The zero-order valence-electron chi connectivity index (χ0n) is 12.0. The zero-order valence-corrected chi connectivity index (χ0v) is 12.0. The summed E-state index contributed by atoms with van der Waals surface area (Å²) in [5.41, 5.74) is 5.27. The van der Waals surface area contributed by atoms with E-state index in [-0.39, 0.29) is 13.2 Å². The summed E-state index contributed by atoms with van der Waals surface area (Å²) in [6.45, 7) is 2.01. The molecule has 0 spiro atoms. The molecule has 9 heteroatoms. The third-order valence-electron chi connectivity index (χ3n) is 3.02. The maximum absolute atomic E-state index is 11.2.